The molecule has 2 unspecified atom stereocenters. The normalized spacial score (nSPS) is 19.4. The smallest absolute Gasteiger partial charge is 0.230 e. The number of hydrogen-bond donors (Lipinski definition) is 0. The van der Waals surface area contributed by atoms with Gasteiger partial charge in [-0.05, 0) is 55.0 Å². The van der Waals surface area contributed by atoms with Crippen LogP contribution in [0.2, 0.25) is 0 Å². The minimum absolute atomic E-state index is 0.0539. The van der Waals surface area contributed by atoms with Crippen molar-refractivity contribution in [3.8, 4) is 17.2 Å². The molecule has 2 aliphatic heterocycles. The maximum atomic E-state index is 6.45. The summed E-state index contributed by atoms with van der Waals surface area (Å²) >= 11 is 0. The highest BCUT2D eigenvalue weighted by molar-refractivity contribution is 6.02. The number of para-hydroxylation sites is 1. The second-order valence-corrected chi connectivity index (χ2v) is 7.21. The summed E-state index contributed by atoms with van der Waals surface area (Å²) in [5, 5.41) is 7.00. The highest BCUT2D eigenvalue weighted by Crippen LogP contribution is 2.50. The highest BCUT2D eigenvalue weighted by atomic mass is 16.5. The van der Waals surface area contributed by atoms with E-state index in [0.29, 0.717) is 6.61 Å². The third-order valence-corrected chi connectivity index (χ3v) is 5.44. The number of aromatic nitrogens is 1. The molecule has 0 amide bonds. The summed E-state index contributed by atoms with van der Waals surface area (Å²) < 4.78 is 17.6. The fourth-order valence-corrected chi connectivity index (χ4v) is 4.03. The molecule has 6 nitrogen and oxygen atoms in total. The molecule has 0 saturated heterocycles. The quantitative estimate of drug-likeness (QED) is 0.619. The molecule has 3 heterocycles. The van der Waals surface area contributed by atoms with Crippen LogP contribution in [-0.4, -0.2) is 29.4 Å². The van der Waals surface area contributed by atoms with Crippen LogP contribution in [-0.2, 0) is 0 Å². The van der Waals surface area contributed by atoms with Crippen molar-refractivity contribution in [3.63, 3.8) is 0 Å². The minimum atomic E-state index is -0.416. The van der Waals surface area contributed by atoms with E-state index < -0.39 is 6.23 Å². The summed E-state index contributed by atoms with van der Waals surface area (Å²) in [4.78, 5) is 4.54. The van der Waals surface area contributed by atoms with Gasteiger partial charge in [-0.3, -0.25) is 4.98 Å². The first-order valence-electron chi connectivity index (χ1n) is 10.1. The SMILES string of the molecule is CCOc1cccc2c1OC(c1ccccn1)N1N=C(c3ccc(OC)cc3)CC21. The molecule has 0 saturated carbocycles. The van der Waals surface area contributed by atoms with Crippen LogP contribution in [0.4, 0.5) is 0 Å². The monoisotopic (exact) mass is 401 g/mol. The molecular formula is C24H23N3O3. The lowest BCUT2D eigenvalue weighted by atomic mass is 9.96. The molecule has 6 heteroatoms. The van der Waals surface area contributed by atoms with E-state index in [4.69, 9.17) is 19.3 Å². The third-order valence-electron chi connectivity index (χ3n) is 5.44. The number of methoxy groups -OCH3 is 1. The molecular weight excluding hydrogens is 378 g/mol. The first-order chi connectivity index (χ1) is 14.8. The molecule has 30 heavy (non-hydrogen) atoms. The number of rotatable bonds is 5. The molecule has 2 atom stereocenters. The van der Waals surface area contributed by atoms with Gasteiger partial charge in [0.25, 0.3) is 0 Å². The van der Waals surface area contributed by atoms with Gasteiger partial charge >= 0.3 is 0 Å². The Morgan fingerprint density at radius 2 is 1.93 bits per heavy atom. The van der Waals surface area contributed by atoms with Gasteiger partial charge in [-0.25, -0.2) is 5.01 Å². The Labute approximate surface area is 175 Å². The van der Waals surface area contributed by atoms with Crippen LogP contribution < -0.4 is 14.2 Å². The summed E-state index contributed by atoms with van der Waals surface area (Å²) in [6, 6.07) is 20.0. The number of benzene rings is 2. The number of hydrogen-bond acceptors (Lipinski definition) is 6. The lowest BCUT2D eigenvalue weighted by Gasteiger charge is -2.38. The summed E-state index contributed by atoms with van der Waals surface area (Å²) in [6.07, 6.45) is 2.14. The van der Waals surface area contributed by atoms with Gasteiger partial charge in [0.15, 0.2) is 11.5 Å². The van der Waals surface area contributed by atoms with E-state index in [0.717, 1.165) is 46.2 Å². The molecule has 0 spiro atoms. The van der Waals surface area contributed by atoms with Crippen molar-refractivity contribution in [1.29, 1.82) is 0 Å². The average Bonchev–Trinajstić information content (AvgIpc) is 3.25. The van der Waals surface area contributed by atoms with E-state index >= 15 is 0 Å². The topological polar surface area (TPSA) is 56.2 Å². The predicted octanol–water partition coefficient (Wildman–Crippen LogP) is 4.73. The standard InChI is InChI=1S/C24H23N3O3/c1-3-29-22-9-6-7-18-21-15-20(16-10-12-17(28-2)13-11-16)26-27(21)24(30-23(18)22)19-8-4-5-14-25-19/h4-14,21,24H,3,15H2,1-2H3. The predicted molar refractivity (Wildman–Crippen MR) is 114 cm³/mol. The molecule has 5 rings (SSSR count). The minimum Gasteiger partial charge on any atom is -0.497 e. The fourth-order valence-electron chi connectivity index (χ4n) is 4.03. The fraction of sp³-hybridized carbons (Fsp3) is 0.250. The highest BCUT2D eigenvalue weighted by Gasteiger charge is 2.42. The summed E-state index contributed by atoms with van der Waals surface area (Å²) in [5.74, 6) is 2.37. The van der Waals surface area contributed by atoms with E-state index in [9.17, 15) is 0 Å². The Morgan fingerprint density at radius 1 is 1.07 bits per heavy atom. The zero-order valence-corrected chi connectivity index (χ0v) is 17.0. The van der Waals surface area contributed by atoms with Crippen molar-refractivity contribution in [2.45, 2.75) is 25.6 Å². The van der Waals surface area contributed by atoms with Gasteiger partial charge in [-0.1, -0.05) is 18.2 Å². The molecule has 0 radical (unpaired) electrons. The summed E-state index contributed by atoms with van der Waals surface area (Å²) in [5.41, 5.74) is 3.99. The maximum Gasteiger partial charge on any atom is 0.230 e. The number of nitrogens with zero attached hydrogens (tertiary/aromatic N) is 3. The Morgan fingerprint density at radius 3 is 2.67 bits per heavy atom. The zero-order chi connectivity index (χ0) is 20.5. The van der Waals surface area contributed by atoms with Gasteiger partial charge in [0.1, 0.15) is 11.4 Å². The van der Waals surface area contributed by atoms with Crippen LogP contribution in [0.1, 0.15) is 42.4 Å². The number of hydrazone groups is 1. The second-order valence-electron chi connectivity index (χ2n) is 7.21. The number of ether oxygens (including phenoxy) is 3. The Kier molecular flexibility index (Phi) is 4.75. The van der Waals surface area contributed by atoms with E-state index in [1.807, 2.05) is 66.5 Å². The van der Waals surface area contributed by atoms with Crippen molar-refractivity contribution >= 4 is 5.71 Å². The first kappa shape index (κ1) is 18.5. The van der Waals surface area contributed by atoms with Crippen molar-refractivity contribution < 1.29 is 14.2 Å². The van der Waals surface area contributed by atoms with Gasteiger partial charge < -0.3 is 14.2 Å². The lowest BCUT2D eigenvalue weighted by Crippen LogP contribution is -2.34. The van der Waals surface area contributed by atoms with Gasteiger partial charge in [-0.2, -0.15) is 5.10 Å². The maximum absolute atomic E-state index is 6.45. The largest absolute Gasteiger partial charge is 0.497 e. The molecule has 3 aromatic rings. The van der Waals surface area contributed by atoms with E-state index in [-0.39, 0.29) is 6.04 Å². The molecule has 152 valence electrons. The van der Waals surface area contributed by atoms with E-state index in [2.05, 4.69) is 11.1 Å². The van der Waals surface area contributed by atoms with Gasteiger partial charge in [-0.15, -0.1) is 0 Å². The van der Waals surface area contributed by atoms with Crippen LogP contribution in [0.15, 0.2) is 72.0 Å². The van der Waals surface area contributed by atoms with Gasteiger partial charge in [0, 0.05) is 18.2 Å². The Bertz CT molecular complexity index is 1070. The third kappa shape index (κ3) is 3.14. The molecule has 0 bridgehead atoms. The van der Waals surface area contributed by atoms with E-state index in [1.165, 1.54) is 0 Å². The number of fused-ring (bicyclic) bond motifs is 3. The molecule has 0 N–H and O–H groups in total. The van der Waals surface area contributed by atoms with Crippen molar-refractivity contribution in [1.82, 2.24) is 9.99 Å². The van der Waals surface area contributed by atoms with Crippen LogP contribution >= 0.6 is 0 Å². The molecule has 2 aliphatic rings. The summed E-state index contributed by atoms with van der Waals surface area (Å²) in [6.45, 7) is 2.56. The first-order valence-corrected chi connectivity index (χ1v) is 10.1. The van der Waals surface area contributed by atoms with E-state index in [1.54, 1.807) is 13.3 Å². The van der Waals surface area contributed by atoms with Crippen molar-refractivity contribution in [3.05, 3.63) is 83.7 Å². The average molecular weight is 401 g/mol. The van der Waals surface area contributed by atoms with Crippen LogP contribution in [0.3, 0.4) is 0 Å². The molecule has 0 aliphatic carbocycles. The Hall–Kier alpha value is -3.54. The van der Waals surface area contributed by atoms with Gasteiger partial charge in [0.2, 0.25) is 6.23 Å². The van der Waals surface area contributed by atoms with Crippen LogP contribution in [0.5, 0.6) is 17.2 Å². The molecule has 0 fully saturated rings. The van der Waals surface area contributed by atoms with Crippen LogP contribution in [0.25, 0.3) is 0 Å². The Balaban J connectivity index is 1.58. The molecule has 1 aromatic heterocycles. The van der Waals surface area contributed by atoms with Crippen molar-refractivity contribution in [2.24, 2.45) is 5.10 Å². The van der Waals surface area contributed by atoms with Crippen molar-refractivity contribution in [2.75, 3.05) is 13.7 Å². The van der Waals surface area contributed by atoms with Gasteiger partial charge in [0.05, 0.1) is 25.5 Å². The zero-order valence-electron chi connectivity index (χ0n) is 17.0. The second kappa shape index (κ2) is 7.71. The lowest BCUT2D eigenvalue weighted by molar-refractivity contribution is -0.0240. The molecule has 2 aromatic carbocycles. The summed E-state index contributed by atoms with van der Waals surface area (Å²) in [7, 11) is 1.67. The number of pyridine rings is 1. The van der Waals surface area contributed by atoms with Crippen LogP contribution in [0, 0.1) is 0 Å².